The molecule has 1 aromatic carbocycles. The molecule has 1 atom stereocenters. The minimum Gasteiger partial charge on any atom is -0.481 e. The molecule has 3 rings (SSSR count). The molecule has 0 aliphatic carbocycles. The SMILES string of the molecule is O=C(O)[C@H]1CCCN(C(=O)c2cc(N3CCNC3=O)ccc2F)C1. The number of nitrogens with zero attached hydrogens (tertiary/aromatic N) is 2. The number of aliphatic carboxylic acids is 1. The molecule has 2 aliphatic rings. The number of carboxylic acids is 1. The van der Waals surface area contributed by atoms with Gasteiger partial charge in [0.2, 0.25) is 0 Å². The standard InChI is InChI=1S/C16H18FN3O4/c17-13-4-3-11(20-7-5-18-16(20)24)8-12(13)14(21)19-6-1-2-10(9-19)15(22)23/h3-4,8,10H,1-2,5-7,9H2,(H,18,24)(H,22,23)/t10-/m0/s1. The van der Waals surface area contributed by atoms with Crippen molar-refractivity contribution >= 4 is 23.6 Å². The van der Waals surface area contributed by atoms with Gasteiger partial charge in [-0.05, 0) is 31.0 Å². The summed E-state index contributed by atoms with van der Waals surface area (Å²) in [6.45, 7) is 1.41. The molecule has 2 fully saturated rings. The van der Waals surface area contributed by atoms with Crippen LogP contribution in [0.25, 0.3) is 0 Å². The molecule has 0 aromatic heterocycles. The molecule has 1 aromatic rings. The Labute approximate surface area is 138 Å². The Balaban J connectivity index is 1.84. The second-order valence-electron chi connectivity index (χ2n) is 5.98. The lowest BCUT2D eigenvalue weighted by Crippen LogP contribution is -2.42. The summed E-state index contributed by atoms with van der Waals surface area (Å²) < 4.78 is 14.1. The van der Waals surface area contributed by atoms with Crippen LogP contribution in [0.5, 0.6) is 0 Å². The maximum atomic E-state index is 14.1. The molecule has 0 radical (unpaired) electrons. The number of urea groups is 1. The first-order chi connectivity index (χ1) is 11.5. The van der Waals surface area contributed by atoms with Gasteiger partial charge in [0.05, 0.1) is 11.5 Å². The van der Waals surface area contributed by atoms with Crippen LogP contribution in [0, 0.1) is 11.7 Å². The molecule has 0 bridgehead atoms. The van der Waals surface area contributed by atoms with Crippen molar-refractivity contribution in [2.45, 2.75) is 12.8 Å². The molecule has 0 spiro atoms. The van der Waals surface area contributed by atoms with Gasteiger partial charge in [-0.1, -0.05) is 0 Å². The van der Waals surface area contributed by atoms with Gasteiger partial charge in [-0.15, -0.1) is 0 Å². The summed E-state index contributed by atoms with van der Waals surface area (Å²) in [5.41, 5.74) is 0.305. The molecular formula is C16H18FN3O4. The zero-order valence-electron chi connectivity index (χ0n) is 13.0. The number of hydrogen-bond donors (Lipinski definition) is 2. The number of halogens is 1. The Hall–Kier alpha value is -2.64. The maximum Gasteiger partial charge on any atom is 0.321 e. The molecule has 2 saturated heterocycles. The fourth-order valence-corrected chi connectivity index (χ4v) is 3.10. The number of hydrogen-bond acceptors (Lipinski definition) is 3. The highest BCUT2D eigenvalue weighted by Crippen LogP contribution is 2.24. The van der Waals surface area contributed by atoms with Gasteiger partial charge < -0.3 is 15.3 Å². The van der Waals surface area contributed by atoms with E-state index in [0.717, 1.165) is 6.07 Å². The van der Waals surface area contributed by atoms with E-state index in [1.54, 1.807) is 0 Å². The van der Waals surface area contributed by atoms with E-state index in [0.29, 0.717) is 38.2 Å². The third kappa shape index (κ3) is 3.04. The Bertz CT molecular complexity index is 694. The van der Waals surface area contributed by atoms with Crippen LogP contribution >= 0.6 is 0 Å². The van der Waals surface area contributed by atoms with Crippen LogP contribution in [0.4, 0.5) is 14.9 Å². The number of benzene rings is 1. The van der Waals surface area contributed by atoms with Gasteiger partial charge >= 0.3 is 12.0 Å². The van der Waals surface area contributed by atoms with Gasteiger partial charge in [0.1, 0.15) is 5.82 Å². The summed E-state index contributed by atoms with van der Waals surface area (Å²) >= 11 is 0. The number of likely N-dealkylation sites (tertiary alicyclic amines) is 1. The van der Waals surface area contributed by atoms with E-state index in [4.69, 9.17) is 5.11 Å². The third-order valence-corrected chi connectivity index (χ3v) is 4.41. The number of amides is 3. The molecule has 2 aliphatic heterocycles. The first-order valence-corrected chi connectivity index (χ1v) is 7.84. The Kier molecular flexibility index (Phi) is 4.37. The van der Waals surface area contributed by atoms with Crippen LogP contribution in [0.15, 0.2) is 18.2 Å². The highest BCUT2D eigenvalue weighted by molar-refractivity contribution is 5.98. The zero-order chi connectivity index (χ0) is 17.3. The van der Waals surface area contributed by atoms with Crippen LogP contribution in [0.3, 0.4) is 0 Å². The summed E-state index contributed by atoms with van der Waals surface area (Å²) in [6, 6.07) is 3.68. The fraction of sp³-hybridized carbons (Fsp3) is 0.438. The van der Waals surface area contributed by atoms with E-state index >= 15 is 0 Å². The van der Waals surface area contributed by atoms with Crippen LogP contribution in [-0.2, 0) is 4.79 Å². The fourth-order valence-electron chi connectivity index (χ4n) is 3.10. The number of carbonyl (C=O) groups excluding carboxylic acids is 2. The lowest BCUT2D eigenvalue weighted by Gasteiger charge is -2.31. The molecule has 0 unspecified atom stereocenters. The van der Waals surface area contributed by atoms with E-state index in [1.807, 2.05) is 0 Å². The molecule has 3 amide bonds. The Morgan fingerprint density at radius 2 is 2.08 bits per heavy atom. The molecule has 2 heterocycles. The summed E-state index contributed by atoms with van der Waals surface area (Å²) in [5.74, 6) is -2.80. The van der Waals surface area contributed by atoms with E-state index in [2.05, 4.69) is 5.32 Å². The molecule has 8 heteroatoms. The smallest absolute Gasteiger partial charge is 0.321 e. The maximum absolute atomic E-state index is 14.1. The van der Waals surface area contributed by atoms with E-state index < -0.39 is 23.6 Å². The lowest BCUT2D eigenvalue weighted by molar-refractivity contribution is -0.143. The van der Waals surface area contributed by atoms with Crippen LogP contribution in [0.1, 0.15) is 23.2 Å². The van der Waals surface area contributed by atoms with Crippen LogP contribution in [0.2, 0.25) is 0 Å². The van der Waals surface area contributed by atoms with Crippen molar-refractivity contribution < 1.29 is 23.9 Å². The van der Waals surface area contributed by atoms with Gasteiger partial charge in [0.15, 0.2) is 0 Å². The summed E-state index contributed by atoms with van der Waals surface area (Å²) in [7, 11) is 0. The quantitative estimate of drug-likeness (QED) is 0.871. The Morgan fingerprint density at radius 1 is 1.29 bits per heavy atom. The average molecular weight is 335 g/mol. The second-order valence-corrected chi connectivity index (χ2v) is 5.98. The molecule has 7 nitrogen and oxygen atoms in total. The predicted molar refractivity (Wildman–Crippen MR) is 83.4 cm³/mol. The van der Waals surface area contributed by atoms with Crippen LogP contribution in [-0.4, -0.2) is 54.1 Å². The van der Waals surface area contributed by atoms with Gasteiger partial charge in [0.25, 0.3) is 5.91 Å². The number of piperidine rings is 1. The van der Waals surface area contributed by atoms with Crippen molar-refractivity contribution in [2.75, 3.05) is 31.1 Å². The zero-order valence-corrected chi connectivity index (χ0v) is 13.0. The van der Waals surface area contributed by atoms with E-state index in [1.165, 1.54) is 21.9 Å². The minimum absolute atomic E-state index is 0.0715. The topological polar surface area (TPSA) is 89.9 Å². The predicted octanol–water partition coefficient (Wildman–Crippen LogP) is 1.29. The molecule has 128 valence electrons. The lowest BCUT2D eigenvalue weighted by atomic mass is 9.97. The average Bonchev–Trinajstić information content (AvgIpc) is 3.01. The van der Waals surface area contributed by atoms with Gasteiger partial charge in [-0.25, -0.2) is 9.18 Å². The number of anilines is 1. The number of carbonyl (C=O) groups is 3. The number of rotatable bonds is 3. The van der Waals surface area contributed by atoms with Crippen molar-refractivity contribution in [3.8, 4) is 0 Å². The summed E-state index contributed by atoms with van der Waals surface area (Å²) in [4.78, 5) is 38.3. The first kappa shape index (κ1) is 16.2. The first-order valence-electron chi connectivity index (χ1n) is 7.84. The monoisotopic (exact) mass is 335 g/mol. The molecule has 2 N–H and O–H groups in total. The van der Waals surface area contributed by atoms with E-state index in [9.17, 15) is 18.8 Å². The van der Waals surface area contributed by atoms with Crippen molar-refractivity contribution in [3.63, 3.8) is 0 Å². The number of carboxylic acid groups (broad SMARTS) is 1. The van der Waals surface area contributed by atoms with Crippen LogP contribution < -0.4 is 10.2 Å². The largest absolute Gasteiger partial charge is 0.481 e. The van der Waals surface area contributed by atoms with Crippen molar-refractivity contribution in [1.82, 2.24) is 10.2 Å². The molecular weight excluding hydrogens is 317 g/mol. The van der Waals surface area contributed by atoms with E-state index in [-0.39, 0.29) is 18.1 Å². The minimum atomic E-state index is -0.949. The van der Waals surface area contributed by atoms with Crippen molar-refractivity contribution in [3.05, 3.63) is 29.6 Å². The van der Waals surface area contributed by atoms with Gasteiger partial charge in [0, 0.05) is 31.9 Å². The third-order valence-electron chi connectivity index (χ3n) is 4.41. The second kappa shape index (κ2) is 6.46. The molecule has 0 saturated carbocycles. The van der Waals surface area contributed by atoms with Gasteiger partial charge in [-0.2, -0.15) is 0 Å². The summed E-state index contributed by atoms with van der Waals surface area (Å²) in [6.07, 6.45) is 1.08. The number of nitrogens with one attached hydrogen (secondary N) is 1. The highest BCUT2D eigenvalue weighted by atomic mass is 19.1. The van der Waals surface area contributed by atoms with Crippen molar-refractivity contribution in [2.24, 2.45) is 5.92 Å². The highest BCUT2D eigenvalue weighted by Gasteiger charge is 2.30. The van der Waals surface area contributed by atoms with Crippen molar-refractivity contribution in [1.29, 1.82) is 0 Å². The summed E-state index contributed by atoms with van der Waals surface area (Å²) in [5, 5.41) is 11.8. The molecule has 24 heavy (non-hydrogen) atoms. The normalized spacial score (nSPS) is 20.9. The Morgan fingerprint density at radius 3 is 2.75 bits per heavy atom. The van der Waals surface area contributed by atoms with Gasteiger partial charge in [-0.3, -0.25) is 14.5 Å².